The van der Waals surface area contributed by atoms with E-state index in [2.05, 4.69) is 5.10 Å². The highest BCUT2D eigenvalue weighted by Crippen LogP contribution is 2.29. The van der Waals surface area contributed by atoms with Crippen LogP contribution in [0.25, 0.3) is 0 Å². The number of nitrogens with zero attached hydrogens (tertiary/aromatic N) is 2. The van der Waals surface area contributed by atoms with Crippen LogP contribution in [0.3, 0.4) is 0 Å². The monoisotopic (exact) mass is 269 g/mol. The minimum Gasteiger partial charge on any atom is -0.323 e. The van der Waals surface area contributed by atoms with Crippen LogP contribution in [0.1, 0.15) is 37.9 Å². The van der Waals surface area contributed by atoms with Gasteiger partial charge in [-0.1, -0.05) is 18.5 Å². The van der Waals surface area contributed by atoms with Crippen molar-refractivity contribution in [1.29, 1.82) is 0 Å². The molecular weight excluding hydrogens is 255 g/mol. The summed E-state index contributed by atoms with van der Waals surface area (Å²) in [5.74, 6) is 0. The van der Waals surface area contributed by atoms with Gasteiger partial charge in [-0.05, 0) is 12.8 Å². The summed E-state index contributed by atoms with van der Waals surface area (Å²) in [6.07, 6.45) is -3.06. The third kappa shape index (κ3) is 4.20. The molecule has 17 heavy (non-hydrogen) atoms. The van der Waals surface area contributed by atoms with Crippen LogP contribution in [-0.2, 0) is 6.54 Å². The lowest BCUT2D eigenvalue weighted by atomic mass is 10.1. The quantitative estimate of drug-likeness (QED) is 0.891. The van der Waals surface area contributed by atoms with Crippen molar-refractivity contribution < 1.29 is 13.2 Å². The zero-order chi connectivity index (χ0) is 13.1. The number of aryl methyl sites for hydroxylation is 1. The van der Waals surface area contributed by atoms with Crippen molar-refractivity contribution in [3.63, 3.8) is 0 Å². The van der Waals surface area contributed by atoms with Crippen molar-refractivity contribution in [1.82, 2.24) is 9.78 Å². The van der Waals surface area contributed by atoms with Gasteiger partial charge in [0.15, 0.2) is 0 Å². The van der Waals surface area contributed by atoms with E-state index in [1.165, 1.54) is 6.20 Å². The third-order valence-electron chi connectivity index (χ3n) is 2.36. The van der Waals surface area contributed by atoms with Gasteiger partial charge in [0.05, 0.1) is 16.9 Å². The number of hydrogen-bond donors (Lipinski definition) is 1. The van der Waals surface area contributed by atoms with Gasteiger partial charge in [-0.3, -0.25) is 4.68 Å². The van der Waals surface area contributed by atoms with E-state index in [9.17, 15) is 13.2 Å². The second-order valence-electron chi connectivity index (χ2n) is 3.86. The van der Waals surface area contributed by atoms with E-state index < -0.39 is 18.6 Å². The molecule has 1 aromatic heterocycles. The molecule has 1 heterocycles. The molecule has 0 saturated carbocycles. The van der Waals surface area contributed by atoms with E-state index in [4.69, 9.17) is 17.3 Å². The normalized spacial score (nSPS) is 14.0. The minimum atomic E-state index is -4.19. The van der Waals surface area contributed by atoms with Crippen molar-refractivity contribution in [3.05, 3.63) is 16.9 Å². The minimum absolute atomic E-state index is 0.182. The molecule has 0 radical (unpaired) electrons. The SMILES string of the molecule is CCCn1ncc(Cl)c1C(N)CCC(F)(F)F. The van der Waals surface area contributed by atoms with E-state index in [1.807, 2.05) is 6.92 Å². The maximum absolute atomic E-state index is 12.1. The van der Waals surface area contributed by atoms with Crippen molar-refractivity contribution in [3.8, 4) is 0 Å². The highest BCUT2D eigenvalue weighted by atomic mass is 35.5. The van der Waals surface area contributed by atoms with Gasteiger partial charge in [-0.25, -0.2) is 0 Å². The number of aromatic nitrogens is 2. The summed E-state index contributed by atoms with van der Waals surface area (Å²) in [4.78, 5) is 0. The fourth-order valence-corrected chi connectivity index (χ4v) is 1.87. The third-order valence-corrected chi connectivity index (χ3v) is 2.65. The van der Waals surface area contributed by atoms with Gasteiger partial charge in [0.2, 0.25) is 0 Å². The van der Waals surface area contributed by atoms with Crippen LogP contribution in [0.15, 0.2) is 6.20 Å². The Morgan fingerprint density at radius 2 is 2.18 bits per heavy atom. The Morgan fingerprint density at radius 1 is 1.53 bits per heavy atom. The standard InChI is InChI=1S/C10H15ClF3N3/c1-2-5-17-9(7(11)6-16-17)8(15)3-4-10(12,13)14/h6,8H,2-5,15H2,1H3. The van der Waals surface area contributed by atoms with Crippen molar-refractivity contribution in [2.75, 3.05) is 0 Å². The molecule has 0 bridgehead atoms. The molecule has 98 valence electrons. The van der Waals surface area contributed by atoms with Gasteiger partial charge in [-0.2, -0.15) is 18.3 Å². The van der Waals surface area contributed by atoms with Crippen LogP contribution >= 0.6 is 11.6 Å². The number of hydrogen-bond acceptors (Lipinski definition) is 2. The largest absolute Gasteiger partial charge is 0.389 e. The van der Waals surface area contributed by atoms with Crippen LogP contribution in [-0.4, -0.2) is 16.0 Å². The molecule has 1 unspecified atom stereocenters. The molecule has 0 aliphatic heterocycles. The Morgan fingerprint density at radius 3 is 2.71 bits per heavy atom. The van der Waals surface area contributed by atoms with E-state index >= 15 is 0 Å². The zero-order valence-electron chi connectivity index (χ0n) is 9.47. The first-order chi connectivity index (χ1) is 7.85. The number of alkyl halides is 3. The molecule has 1 atom stereocenters. The smallest absolute Gasteiger partial charge is 0.323 e. The van der Waals surface area contributed by atoms with Crippen LogP contribution in [0.2, 0.25) is 5.02 Å². The molecule has 3 nitrogen and oxygen atoms in total. The van der Waals surface area contributed by atoms with Gasteiger partial charge < -0.3 is 5.73 Å². The fraction of sp³-hybridized carbons (Fsp3) is 0.700. The van der Waals surface area contributed by atoms with Gasteiger partial charge in [-0.15, -0.1) is 0 Å². The van der Waals surface area contributed by atoms with Crippen LogP contribution < -0.4 is 5.73 Å². The second kappa shape index (κ2) is 5.73. The Labute approximate surface area is 103 Å². The van der Waals surface area contributed by atoms with Crippen LogP contribution in [0.5, 0.6) is 0 Å². The summed E-state index contributed by atoms with van der Waals surface area (Å²) < 4.78 is 37.9. The lowest BCUT2D eigenvalue weighted by molar-refractivity contribution is -0.136. The molecule has 0 amide bonds. The average Bonchev–Trinajstić information content (AvgIpc) is 2.56. The van der Waals surface area contributed by atoms with Crippen molar-refractivity contribution >= 4 is 11.6 Å². The lowest BCUT2D eigenvalue weighted by Crippen LogP contribution is -2.19. The number of halogens is 4. The first kappa shape index (κ1) is 14.3. The maximum Gasteiger partial charge on any atom is 0.389 e. The summed E-state index contributed by atoms with van der Waals surface area (Å²) in [5, 5.41) is 4.32. The molecular formula is C10H15ClF3N3. The van der Waals surface area contributed by atoms with Crippen LogP contribution in [0, 0.1) is 0 Å². The summed E-state index contributed by atoms with van der Waals surface area (Å²) in [6, 6.07) is -0.738. The summed E-state index contributed by atoms with van der Waals surface area (Å²) in [7, 11) is 0. The summed E-state index contributed by atoms with van der Waals surface area (Å²) in [5.41, 5.74) is 6.22. The Balaban J connectivity index is 2.73. The van der Waals surface area contributed by atoms with E-state index in [0.717, 1.165) is 6.42 Å². The van der Waals surface area contributed by atoms with E-state index in [-0.39, 0.29) is 6.42 Å². The molecule has 0 saturated heterocycles. The van der Waals surface area contributed by atoms with E-state index in [0.29, 0.717) is 17.3 Å². The molecule has 0 fully saturated rings. The molecule has 0 aliphatic carbocycles. The summed E-state index contributed by atoms with van der Waals surface area (Å²) in [6.45, 7) is 2.54. The lowest BCUT2D eigenvalue weighted by Gasteiger charge is -2.15. The molecule has 0 aliphatic rings. The van der Waals surface area contributed by atoms with Crippen molar-refractivity contribution in [2.45, 2.75) is 44.9 Å². The van der Waals surface area contributed by atoms with E-state index in [1.54, 1.807) is 4.68 Å². The first-order valence-electron chi connectivity index (χ1n) is 5.38. The van der Waals surface area contributed by atoms with Gasteiger partial charge >= 0.3 is 6.18 Å². The maximum atomic E-state index is 12.1. The molecule has 7 heteroatoms. The molecule has 2 N–H and O–H groups in total. The van der Waals surface area contributed by atoms with Crippen LogP contribution in [0.4, 0.5) is 13.2 Å². The molecule has 1 aromatic rings. The van der Waals surface area contributed by atoms with Crippen molar-refractivity contribution in [2.24, 2.45) is 5.73 Å². The van der Waals surface area contributed by atoms with Gasteiger partial charge in [0.25, 0.3) is 0 Å². The number of nitrogens with two attached hydrogens (primary N) is 1. The number of rotatable bonds is 5. The van der Waals surface area contributed by atoms with Gasteiger partial charge in [0.1, 0.15) is 0 Å². The topological polar surface area (TPSA) is 43.8 Å². The van der Waals surface area contributed by atoms with Gasteiger partial charge in [0, 0.05) is 19.0 Å². The molecule has 0 aromatic carbocycles. The average molecular weight is 270 g/mol. The fourth-order valence-electron chi connectivity index (χ4n) is 1.59. The predicted molar refractivity (Wildman–Crippen MR) is 59.7 cm³/mol. The highest BCUT2D eigenvalue weighted by Gasteiger charge is 2.29. The second-order valence-corrected chi connectivity index (χ2v) is 4.27. The Bertz CT molecular complexity index is 362. The Hall–Kier alpha value is -0.750. The molecule has 0 spiro atoms. The Kier molecular flexibility index (Phi) is 4.82. The first-order valence-corrected chi connectivity index (χ1v) is 5.76. The highest BCUT2D eigenvalue weighted by molar-refractivity contribution is 6.31. The summed E-state index contributed by atoms with van der Waals surface area (Å²) >= 11 is 5.88. The predicted octanol–water partition coefficient (Wildman–Crippen LogP) is 3.29. The molecule has 1 rings (SSSR count). The zero-order valence-corrected chi connectivity index (χ0v) is 10.2.